The van der Waals surface area contributed by atoms with Crippen molar-refractivity contribution in [3.05, 3.63) is 41.0 Å². The molecule has 9 heteroatoms. The van der Waals surface area contributed by atoms with Gasteiger partial charge >= 0.3 is 6.03 Å². The zero-order valence-corrected chi connectivity index (χ0v) is 14.2. The third-order valence-electron chi connectivity index (χ3n) is 3.11. The van der Waals surface area contributed by atoms with E-state index in [0.717, 1.165) is 5.56 Å². The minimum atomic E-state index is -0.311. The van der Waals surface area contributed by atoms with Crippen LogP contribution in [-0.4, -0.2) is 52.5 Å². The first-order valence-corrected chi connectivity index (χ1v) is 7.71. The number of carbonyl (C=O) groups excluding carboxylic acids is 2. The topological polar surface area (TPSA) is 92.2 Å². The van der Waals surface area contributed by atoms with E-state index in [-0.39, 0.29) is 18.5 Å². The molecule has 128 valence electrons. The maximum absolute atomic E-state index is 11.9. The predicted octanol–water partition coefficient (Wildman–Crippen LogP) is 1.38. The van der Waals surface area contributed by atoms with Crippen LogP contribution in [0.4, 0.5) is 10.6 Å². The molecule has 0 saturated carbocycles. The summed E-state index contributed by atoms with van der Waals surface area (Å²) in [6.45, 7) is 0.490. The second-order valence-corrected chi connectivity index (χ2v) is 5.75. The second kappa shape index (κ2) is 8.30. The van der Waals surface area contributed by atoms with Gasteiger partial charge in [-0.25, -0.2) is 4.79 Å². The first kappa shape index (κ1) is 17.7. The highest BCUT2D eigenvalue weighted by Crippen LogP contribution is 2.09. The average Bonchev–Trinajstić information content (AvgIpc) is 2.96. The number of hydrogen-bond donors (Lipinski definition) is 2. The van der Waals surface area contributed by atoms with Gasteiger partial charge in [-0.1, -0.05) is 23.7 Å². The lowest BCUT2D eigenvalue weighted by atomic mass is 10.1. The quantitative estimate of drug-likeness (QED) is 0.823. The van der Waals surface area contributed by atoms with Crippen molar-refractivity contribution in [2.24, 2.45) is 0 Å². The third-order valence-corrected chi connectivity index (χ3v) is 3.36. The molecule has 0 atom stereocenters. The summed E-state index contributed by atoms with van der Waals surface area (Å²) >= 11 is 5.82. The van der Waals surface area contributed by atoms with E-state index in [9.17, 15) is 9.59 Å². The van der Waals surface area contributed by atoms with Crippen molar-refractivity contribution in [2.45, 2.75) is 13.0 Å². The maximum Gasteiger partial charge on any atom is 0.322 e. The molecule has 2 aromatic rings. The fourth-order valence-corrected chi connectivity index (χ4v) is 1.96. The van der Waals surface area contributed by atoms with Crippen LogP contribution in [0.1, 0.15) is 5.56 Å². The third kappa shape index (κ3) is 5.54. The molecule has 2 N–H and O–H groups in total. The first-order valence-electron chi connectivity index (χ1n) is 7.33. The van der Waals surface area contributed by atoms with Crippen LogP contribution in [0, 0.1) is 0 Å². The number of rotatable bonds is 6. The lowest BCUT2D eigenvalue weighted by molar-refractivity contribution is -0.122. The van der Waals surface area contributed by atoms with Crippen LogP contribution in [0.2, 0.25) is 5.02 Å². The standard InChI is InChI=1S/C15H19ClN6O2/c1-21(2)15(24)19-13-9-18-22(20-13)10-14(23)17-8-7-11-3-5-12(16)6-4-11/h3-6,9H,7-8,10H2,1-2H3,(H,17,23)(H,19,20,24). The van der Waals surface area contributed by atoms with Crippen molar-refractivity contribution in [1.82, 2.24) is 25.2 Å². The van der Waals surface area contributed by atoms with E-state index in [0.29, 0.717) is 23.8 Å². The van der Waals surface area contributed by atoms with Gasteiger partial charge in [0.1, 0.15) is 6.54 Å². The van der Waals surface area contributed by atoms with Crippen molar-refractivity contribution in [2.75, 3.05) is 26.0 Å². The highest BCUT2D eigenvalue weighted by molar-refractivity contribution is 6.30. The largest absolute Gasteiger partial charge is 0.354 e. The van der Waals surface area contributed by atoms with Crippen LogP contribution in [0.25, 0.3) is 0 Å². The lowest BCUT2D eigenvalue weighted by Gasteiger charge is -2.09. The van der Waals surface area contributed by atoms with Crippen LogP contribution in [0.5, 0.6) is 0 Å². The summed E-state index contributed by atoms with van der Waals surface area (Å²) in [5.74, 6) is 0.0905. The zero-order valence-electron chi connectivity index (χ0n) is 13.5. The molecule has 0 aliphatic rings. The summed E-state index contributed by atoms with van der Waals surface area (Å²) in [7, 11) is 3.24. The molecule has 0 unspecified atom stereocenters. The highest BCUT2D eigenvalue weighted by atomic mass is 35.5. The molecular weight excluding hydrogens is 332 g/mol. The number of nitrogens with one attached hydrogen (secondary N) is 2. The van der Waals surface area contributed by atoms with Crippen molar-refractivity contribution in [3.8, 4) is 0 Å². The van der Waals surface area contributed by atoms with Gasteiger partial charge in [-0.05, 0) is 24.1 Å². The molecule has 2 rings (SSSR count). The van der Waals surface area contributed by atoms with Gasteiger partial charge in [0.2, 0.25) is 5.91 Å². The van der Waals surface area contributed by atoms with E-state index < -0.39 is 0 Å². The first-order chi connectivity index (χ1) is 11.4. The Morgan fingerprint density at radius 1 is 1.25 bits per heavy atom. The molecule has 0 bridgehead atoms. The van der Waals surface area contributed by atoms with E-state index >= 15 is 0 Å². The summed E-state index contributed by atoms with van der Waals surface area (Å²) < 4.78 is 0. The smallest absolute Gasteiger partial charge is 0.322 e. The zero-order chi connectivity index (χ0) is 17.5. The van der Waals surface area contributed by atoms with Gasteiger partial charge in [0.05, 0.1) is 6.20 Å². The fraction of sp³-hybridized carbons (Fsp3) is 0.333. The second-order valence-electron chi connectivity index (χ2n) is 5.31. The van der Waals surface area contributed by atoms with Gasteiger partial charge in [-0.15, -0.1) is 5.10 Å². The van der Waals surface area contributed by atoms with E-state index in [1.54, 1.807) is 14.1 Å². The Balaban J connectivity index is 1.75. The summed E-state index contributed by atoms with van der Waals surface area (Å²) in [5.41, 5.74) is 1.09. The number of aromatic nitrogens is 3. The molecule has 0 aliphatic heterocycles. The Hall–Kier alpha value is -2.61. The monoisotopic (exact) mass is 350 g/mol. The number of amides is 3. The number of benzene rings is 1. The van der Waals surface area contributed by atoms with Crippen molar-refractivity contribution < 1.29 is 9.59 Å². The van der Waals surface area contributed by atoms with Crippen molar-refractivity contribution >= 4 is 29.4 Å². The van der Waals surface area contributed by atoms with Gasteiger partial charge in [0.25, 0.3) is 0 Å². The number of hydrogen-bond acceptors (Lipinski definition) is 4. The van der Waals surface area contributed by atoms with Gasteiger partial charge in [-0.2, -0.15) is 9.90 Å². The molecule has 0 fully saturated rings. The van der Waals surface area contributed by atoms with Crippen LogP contribution in [-0.2, 0) is 17.8 Å². The van der Waals surface area contributed by atoms with Gasteiger partial charge in [-0.3, -0.25) is 10.1 Å². The lowest BCUT2D eigenvalue weighted by Crippen LogP contribution is -2.30. The van der Waals surface area contributed by atoms with Gasteiger partial charge in [0.15, 0.2) is 5.82 Å². The summed E-state index contributed by atoms with van der Waals surface area (Å²) in [6, 6.07) is 7.16. The molecule has 3 amide bonds. The van der Waals surface area contributed by atoms with Crippen LogP contribution in [0.15, 0.2) is 30.5 Å². The Labute approximate surface area is 144 Å². The fourth-order valence-electron chi connectivity index (χ4n) is 1.83. The van der Waals surface area contributed by atoms with Crippen molar-refractivity contribution in [3.63, 3.8) is 0 Å². The number of urea groups is 1. The Morgan fingerprint density at radius 3 is 2.62 bits per heavy atom. The molecule has 24 heavy (non-hydrogen) atoms. The highest BCUT2D eigenvalue weighted by Gasteiger charge is 2.09. The van der Waals surface area contributed by atoms with E-state index in [4.69, 9.17) is 11.6 Å². The average molecular weight is 351 g/mol. The summed E-state index contributed by atoms with van der Waals surface area (Å²) in [6.07, 6.45) is 2.10. The van der Waals surface area contributed by atoms with Gasteiger partial charge < -0.3 is 10.2 Å². The molecule has 1 aromatic heterocycles. The van der Waals surface area contributed by atoms with Crippen LogP contribution < -0.4 is 10.6 Å². The number of carbonyl (C=O) groups is 2. The molecule has 1 aromatic carbocycles. The molecule has 0 saturated heterocycles. The summed E-state index contributed by atoms with van der Waals surface area (Å²) in [4.78, 5) is 26.0. The van der Waals surface area contributed by atoms with E-state index in [1.807, 2.05) is 24.3 Å². The molecular formula is C15H19ClN6O2. The van der Waals surface area contributed by atoms with Crippen LogP contribution >= 0.6 is 11.6 Å². The maximum atomic E-state index is 11.9. The van der Waals surface area contributed by atoms with E-state index in [1.165, 1.54) is 15.9 Å². The normalized spacial score (nSPS) is 10.3. The molecule has 0 radical (unpaired) electrons. The van der Waals surface area contributed by atoms with Gasteiger partial charge in [0, 0.05) is 25.7 Å². The Morgan fingerprint density at radius 2 is 1.96 bits per heavy atom. The molecule has 8 nitrogen and oxygen atoms in total. The van der Waals surface area contributed by atoms with Crippen molar-refractivity contribution in [1.29, 1.82) is 0 Å². The number of nitrogens with zero attached hydrogens (tertiary/aromatic N) is 4. The minimum absolute atomic E-state index is 0.0154. The Bertz CT molecular complexity index is 698. The van der Waals surface area contributed by atoms with Crippen LogP contribution in [0.3, 0.4) is 0 Å². The molecule has 1 heterocycles. The number of halogens is 1. The van der Waals surface area contributed by atoms with E-state index in [2.05, 4.69) is 20.8 Å². The minimum Gasteiger partial charge on any atom is -0.354 e. The molecule has 0 aliphatic carbocycles. The SMILES string of the molecule is CN(C)C(=O)Nc1cnn(CC(=O)NCCc2ccc(Cl)cc2)n1. The molecule has 0 spiro atoms. The predicted molar refractivity (Wildman–Crippen MR) is 90.9 cm³/mol. The number of anilines is 1. The Kier molecular flexibility index (Phi) is 6.14. The summed E-state index contributed by atoms with van der Waals surface area (Å²) in [5, 5.41) is 14.0.